The van der Waals surface area contributed by atoms with Gasteiger partial charge in [0.1, 0.15) is 65.2 Å². The van der Waals surface area contributed by atoms with Crippen LogP contribution in [-0.2, 0) is 29.4 Å². The van der Waals surface area contributed by atoms with Gasteiger partial charge in [0.05, 0.1) is 5.56 Å². The summed E-state index contributed by atoms with van der Waals surface area (Å²) in [7, 11) is 0. The zero-order chi connectivity index (χ0) is 45.6. The Morgan fingerprint density at radius 3 is 1.49 bits per heavy atom. The van der Waals surface area contributed by atoms with E-state index in [-0.39, 0.29) is 45.3 Å². The minimum atomic E-state index is -2.50. The molecule has 4 aromatic rings. The lowest BCUT2D eigenvalue weighted by molar-refractivity contribution is -0.279. The van der Waals surface area contributed by atoms with E-state index in [0.29, 0.717) is 0 Å². The van der Waals surface area contributed by atoms with Crippen molar-refractivity contribution < 1.29 is 110 Å². The highest BCUT2D eigenvalue weighted by Crippen LogP contribution is 2.57. The number of carbonyl (C=O) groups excluding carboxylic acids is 4. The van der Waals surface area contributed by atoms with Gasteiger partial charge in [0, 0.05) is 34.5 Å². The van der Waals surface area contributed by atoms with Crippen molar-refractivity contribution in [3.8, 4) is 23.0 Å². The van der Waals surface area contributed by atoms with Crippen LogP contribution in [0.3, 0.4) is 0 Å². The number of esters is 3. The Morgan fingerprint density at radius 2 is 1.02 bits per heavy atom. The maximum Gasteiger partial charge on any atom is 0.343 e. The molecule has 0 bridgehead atoms. The van der Waals surface area contributed by atoms with Crippen LogP contribution in [-0.4, -0.2) is 126 Å². The molecule has 19 nitrogen and oxygen atoms in total. The van der Waals surface area contributed by atoms with Crippen molar-refractivity contribution >= 4 is 29.5 Å². The maximum atomic E-state index is 14.5. The first-order valence-electron chi connectivity index (χ1n) is 18.1. The zero-order valence-electron chi connectivity index (χ0n) is 31.0. The molecule has 63 heavy (non-hydrogen) atoms. The van der Waals surface area contributed by atoms with Crippen LogP contribution >= 0.6 is 0 Å². The smallest absolute Gasteiger partial charge is 0.343 e. The molecule has 2 fully saturated rings. The van der Waals surface area contributed by atoms with Crippen molar-refractivity contribution in [1.29, 1.82) is 0 Å². The Labute approximate surface area is 346 Å². The molecule has 0 aliphatic carbocycles. The molecule has 9 N–H and O–H groups in total. The normalized spacial score (nSPS) is 27.9. The van der Waals surface area contributed by atoms with Crippen LogP contribution in [0.5, 0.6) is 23.0 Å². The van der Waals surface area contributed by atoms with Gasteiger partial charge in [-0.25, -0.2) is 36.3 Å². The molecule has 4 aliphatic heterocycles. The molecule has 0 saturated carbocycles. The molecule has 4 aromatic carbocycles. The molecule has 0 aromatic heterocycles. The fourth-order valence-corrected chi connectivity index (χ4v) is 7.35. The topological polar surface area (TPSA) is 298 Å². The Hall–Kier alpha value is -6.19. The predicted molar refractivity (Wildman–Crippen MR) is 188 cm³/mol. The molecule has 0 unspecified atom stereocenters. The molecular formula is C39H28F5NO18. The Kier molecular flexibility index (Phi) is 10.9. The largest absolute Gasteiger partial charge is 0.456 e. The van der Waals surface area contributed by atoms with Crippen molar-refractivity contribution in [1.82, 2.24) is 0 Å². The third kappa shape index (κ3) is 7.01. The quantitative estimate of drug-likeness (QED) is 0.0392. The Morgan fingerprint density at radius 1 is 0.571 bits per heavy atom. The van der Waals surface area contributed by atoms with Crippen LogP contribution in [0.1, 0.15) is 37.4 Å². The summed E-state index contributed by atoms with van der Waals surface area (Å²) in [5, 5.41) is 82.1. The third-order valence-electron chi connectivity index (χ3n) is 10.5. The number of amides is 1. The number of hydrogen-bond donors (Lipinski definition) is 9. The standard InChI is InChI=1S/C39H28F5NO18/c40-20-19(21(41)23(43)24(44)22(20)42)33(52)45-10-1-4-14-13(7-10)34(53)63-39(14)15-5-2-11(58-37(56)31-27(48)25(46)29(50)35(54)61-31)8-17(15)60-18-9-12(3-6-16(18)39)59-38(57)32-28(49)26(47)30(51)36(55)62-32/h1-9,25-32,35-36,46-51,54-55H,(H,45,52)/t25-,26-,27-,28-,29+,30+,31-,32-,35+,36+/m0/s1. The molecule has 332 valence electrons. The van der Waals surface area contributed by atoms with Crippen molar-refractivity contribution in [2.75, 3.05) is 5.32 Å². The number of benzene rings is 4. The van der Waals surface area contributed by atoms with E-state index < -0.39 is 131 Å². The molecule has 0 radical (unpaired) electrons. The average molecular weight is 894 g/mol. The van der Waals surface area contributed by atoms with Gasteiger partial charge in [0.15, 0.2) is 53.7 Å². The van der Waals surface area contributed by atoms with Crippen LogP contribution in [0, 0.1) is 29.1 Å². The Bertz CT molecular complexity index is 2470. The van der Waals surface area contributed by atoms with Crippen LogP contribution in [0.15, 0.2) is 54.6 Å². The highest BCUT2D eigenvalue weighted by Gasteiger charge is 2.55. The summed E-state index contributed by atoms with van der Waals surface area (Å²) in [5.41, 5.74) is -4.64. The number of anilines is 1. The van der Waals surface area contributed by atoms with Gasteiger partial charge in [-0.3, -0.25) is 4.79 Å². The number of rotatable bonds is 6. The van der Waals surface area contributed by atoms with E-state index in [1.807, 2.05) is 5.32 Å². The fourth-order valence-electron chi connectivity index (χ4n) is 7.35. The molecule has 8 rings (SSSR count). The lowest BCUT2D eigenvalue weighted by Crippen LogP contribution is -2.60. The lowest BCUT2D eigenvalue weighted by Gasteiger charge is -2.37. The average Bonchev–Trinajstić information content (AvgIpc) is 3.53. The highest BCUT2D eigenvalue weighted by molar-refractivity contribution is 6.06. The maximum absolute atomic E-state index is 14.5. The second-order valence-electron chi connectivity index (χ2n) is 14.3. The van der Waals surface area contributed by atoms with E-state index in [4.69, 9.17) is 28.4 Å². The second kappa shape index (κ2) is 15.9. The summed E-state index contributed by atoms with van der Waals surface area (Å²) < 4.78 is 103. The predicted octanol–water partition coefficient (Wildman–Crippen LogP) is -0.387. The van der Waals surface area contributed by atoms with Gasteiger partial charge >= 0.3 is 17.9 Å². The third-order valence-corrected chi connectivity index (χ3v) is 10.5. The second-order valence-corrected chi connectivity index (χ2v) is 14.3. The molecule has 1 amide bonds. The van der Waals surface area contributed by atoms with E-state index in [0.717, 1.165) is 36.4 Å². The first-order valence-corrected chi connectivity index (χ1v) is 18.1. The number of fused-ring (bicyclic) bond motifs is 6. The van der Waals surface area contributed by atoms with Crippen LogP contribution < -0.4 is 19.5 Å². The first-order chi connectivity index (χ1) is 29.7. The summed E-state index contributed by atoms with van der Waals surface area (Å²) in [5.74, 6) is -19.0. The summed E-state index contributed by atoms with van der Waals surface area (Å²) >= 11 is 0. The fraction of sp³-hybridized carbons (Fsp3) is 0.282. The van der Waals surface area contributed by atoms with Crippen LogP contribution in [0.4, 0.5) is 27.6 Å². The number of aliphatic hydroxyl groups excluding tert-OH is 8. The van der Waals surface area contributed by atoms with E-state index >= 15 is 0 Å². The molecule has 2 saturated heterocycles. The number of nitrogens with one attached hydrogen (secondary N) is 1. The van der Waals surface area contributed by atoms with Crippen molar-refractivity contribution in [3.63, 3.8) is 0 Å². The van der Waals surface area contributed by atoms with Gasteiger partial charge in [0.25, 0.3) is 5.91 Å². The Balaban J connectivity index is 1.17. The van der Waals surface area contributed by atoms with Gasteiger partial charge in [-0.05, 0) is 36.4 Å². The number of carbonyl (C=O) groups is 4. The van der Waals surface area contributed by atoms with Gasteiger partial charge < -0.3 is 74.6 Å². The van der Waals surface area contributed by atoms with Gasteiger partial charge in [-0.15, -0.1) is 0 Å². The van der Waals surface area contributed by atoms with Gasteiger partial charge in [0.2, 0.25) is 5.82 Å². The zero-order valence-corrected chi connectivity index (χ0v) is 31.0. The van der Waals surface area contributed by atoms with Gasteiger partial charge in [-0.1, -0.05) is 6.07 Å². The molecule has 4 heterocycles. The summed E-state index contributed by atoms with van der Waals surface area (Å²) in [4.78, 5) is 52.7. The SMILES string of the molecule is O=C1OC2(c3ccc(OC(=O)[C@H]4O[C@@H](O)[C@H](O)[C@@H](O)[C@@H]4O)cc3Oc3cc(OC(=O)[C@H]4O[C@@H](O)[C@H](O)[C@@H](O)[C@@H]4O)ccc32)c2ccc(NC(=O)c3c(F)c(F)c(F)c(F)c3F)cc21. The van der Waals surface area contributed by atoms with E-state index in [9.17, 15) is 82.0 Å². The van der Waals surface area contributed by atoms with Crippen molar-refractivity contribution in [2.24, 2.45) is 0 Å². The van der Waals surface area contributed by atoms with Crippen molar-refractivity contribution in [3.05, 3.63) is 112 Å². The molecular weight excluding hydrogens is 865 g/mol. The minimum absolute atomic E-state index is 0.00647. The minimum Gasteiger partial charge on any atom is -0.456 e. The summed E-state index contributed by atoms with van der Waals surface area (Å²) in [6, 6.07) is 10.2. The van der Waals surface area contributed by atoms with Crippen LogP contribution in [0.2, 0.25) is 0 Å². The number of halogens is 5. The number of ether oxygens (including phenoxy) is 6. The van der Waals surface area contributed by atoms with E-state index in [2.05, 4.69) is 0 Å². The first kappa shape index (κ1) is 43.5. The molecule has 10 atom stereocenters. The lowest BCUT2D eigenvalue weighted by atomic mass is 9.77. The summed E-state index contributed by atoms with van der Waals surface area (Å²) in [6.07, 6.45) is -20.4. The molecule has 24 heteroatoms. The highest BCUT2D eigenvalue weighted by atomic mass is 19.2. The molecule has 1 spiro atoms. The van der Waals surface area contributed by atoms with Crippen LogP contribution in [0.25, 0.3) is 0 Å². The van der Waals surface area contributed by atoms with E-state index in [1.54, 1.807) is 0 Å². The summed E-state index contributed by atoms with van der Waals surface area (Å²) in [6.45, 7) is 0. The molecule has 4 aliphatic rings. The number of hydrogen-bond acceptors (Lipinski definition) is 18. The number of aliphatic hydroxyl groups is 8. The van der Waals surface area contributed by atoms with Gasteiger partial charge in [-0.2, -0.15) is 0 Å². The van der Waals surface area contributed by atoms with Crippen molar-refractivity contribution in [2.45, 2.75) is 67.0 Å². The van der Waals surface area contributed by atoms with E-state index in [1.165, 1.54) is 18.2 Å². The monoisotopic (exact) mass is 893 g/mol.